The molecule has 1 aliphatic heterocycles. The summed E-state index contributed by atoms with van der Waals surface area (Å²) in [4.78, 5) is 16.5. The van der Waals surface area contributed by atoms with Crippen LogP contribution in [-0.2, 0) is 0 Å². The number of likely N-dealkylation sites (tertiary alicyclic amines) is 1. The lowest BCUT2D eigenvalue weighted by atomic mass is 9.96. The van der Waals surface area contributed by atoms with Gasteiger partial charge in [0.2, 0.25) is 0 Å². The Bertz CT molecular complexity index is 845. The zero-order valence-electron chi connectivity index (χ0n) is 13.0. The molecule has 0 aromatic carbocycles. The van der Waals surface area contributed by atoms with Crippen molar-refractivity contribution in [2.75, 3.05) is 13.1 Å². The van der Waals surface area contributed by atoms with Crippen molar-refractivity contribution >= 4 is 22.9 Å². The minimum absolute atomic E-state index is 0.160. The average molecular weight is 326 g/mol. The smallest absolute Gasteiger partial charge is 0.263 e. The lowest BCUT2D eigenvalue weighted by molar-refractivity contribution is 0.0716. The highest BCUT2D eigenvalue weighted by Gasteiger charge is 2.27. The molecular weight excluding hydrogens is 308 g/mol. The Hall–Kier alpha value is -2.21. The van der Waals surface area contributed by atoms with Crippen LogP contribution in [-0.4, -0.2) is 38.5 Å². The van der Waals surface area contributed by atoms with E-state index in [1.54, 1.807) is 11.3 Å². The number of aryl methyl sites for hydroxylation is 1. The third kappa shape index (κ3) is 2.63. The fourth-order valence-corrected chi connectivity index (χ4v) is 4.02. The van der Waals surface area contributed by atoms with E-state index < -0.39 is 0 Å². The van der Waals surface area contributed by atoms with Gasteiger partial charge >= 0.3 is 0 Å². The van der Waals surface area contributed by atoms with E-state index in [2.05, 4.69) is 14.6 Å². The molecule has 118 valence electrons. The van der Waals surface area contributed by atoms with Gasteiger partial charge in [-0.05, 0) is 44.0 Å². The van der Waals surface area contributed by atoms with Crippen LogP contribution in [0.2, 0.25) is 0 Å². The van der Waals surface area contributed by atoms with Crippen molar-refractivity contribution in [2.45, 2.75) is 25.7 Å². The Morgan fingerprint density at radius 3 is 2.74 bits per heavy atom. The number of hydrogen-bond donors (Lipinski definition) is 0. The molecule has 1 amide bonds. The first-order valence-corrected chi connectivity index (χ1v) is 8.69. The Balaban J connectivity index is 1.48. The molecule has 4 heterocycles. The van der Waals surface area contributed by atoms with Crippen molar-refractivity contribution in [1.29, 1.82) is 0 Å². The van der Waals surface area contributed by atoms with E-state index in [9.17, 15) is 4.79 Å². The average Bonchev–Trinajstić information content (AvgIpc) is 3.21. The molecule has 0 N–H and O–H groups in total. The highest BCUT2D eigenvalue weighted by Crippen LogP contribution is 2.28. The molecule has 0 atom stereocenters. The summed E-state index contributed by atoms with van der Waals surface area (Å²) < 4.78 is 2.06. The molecule has 5 nitrogen and oxygen atoms in total. The van der Waals surface area contributed by atoms with Gasteiger partial charge < -0.3 is 4.90 Å². The minimum atomic E-state index is 0.160. The molecule has 3 aromatic rings. The summed E-state index contributed by atoms with van der Waals surface area (Å²) in [7, 11) is 0. The molecular formula is C17H18N4OS. The molecule has 1 aliphatic rings. The van der Waals surface area contributed by atoms with Gasteiger partial charge in [0.05, 0.1) is 4.88 Å². The second kappa shape index (κ2) is 5.77. The third-order valence-corrected chi connectivity index (χ3v) is 5.43. The first-order valence-electron chi connectivity index (χ1n) is 7.88. The second-order valence-electron chi connectivity index (χ2n) is 5.96. The number of amides is 1. The number of piperidine rings is 1. The van der Waals surface area contributed by atoms with Gasteiger partial charge in [0.25, 0.3) is 5.91 Å². The number of pyridine rings is 1. The number of hydrogen-bond acceptors (Lipinski definition) is 4. The molecule has 3 aromatic heterocycles. The maximum atomic E-state index is 12.5. The van der Waals surface area contributed by atoms with Crippen LogP contribution in [0.25, 0.3) is 5.65 Å². The molecule has 0 saturated carbocycles. The van der Waals surface area contributed by atoms with Crippen molar-refractivity contribution < 1.29 is 4.79 Å². The fraction of sp³-hybridized carbons (Fsp3) is 0.353. The Kier molecular flexibility index (Phi) is 3.61. The van der Waals surface area contributed by atoms with Crippen LogP contribution >= 0.6 is 11.3 Å². The van der Waals surface area contributed by atoms with Crippen molar-refractivity contribution in [3.05, 3.63) is 52.1 Å². The van der Waals surface area contributed by atoms with Crippen molar-refractivity contribution in [3.8, 4) is 0 Å². The van der Waals surface area contributed by atoms with E-state index in [0.717, 1.165) is 42.3 Å². The first kappa shape index (κ1) is 14.4. The van der Waals surface area contributed by atoms with Gasteiger partial charge in [-0.1, -0.05) is 6.07 Å². The van der Waals surface area contributed by atoms with Gasteiger partial charge in [-0.3, -0.25) is 9.20 Å². The van der Waals surface area contributed by atoms with Crippen LogP contribution in [0, 0.1) is 6.92 Å². The lowest BCUT2D eigenvalue weighted by Crippen LogP contribution is -2.37. The van der Waals surface area contributed by atoms with Crippen LogP contribution in [0.5, 0.6) is 0 Å². The summed E-state index contributed by atoms with van der Waals surface area (Å²) in [5.41, 5.74) is 0.884. The quantitative estimate of drug-likeness (QED) is 0.727. The molecule has 6 heteroatoms. The highest BCUT2D eigenvalue weighted by atomic mass is 32.1. The van der Waals surface area contributed by atoms with E-state index in [1.807, 2.05) is 48.4 Å². The molecule has 1 fully saturated rings. The molecule has 0 bridgehead atoms. The second-order valence-corrected chi connectivity index (χ2v) is 7.25. The Morgan fingerprint density at radius 1 is 1.17 bits per heavy atom. The predicted molar refractivity (Wildman–Crippen MR) is 89.9 cm³/mol. The zero-order valence-corrected chi connectivity index (χ0v) is 13.8. The Morgan fingerprint density at radius 2 is 2.00 bits per heavy atom. The number of fused-ring (bicyclic) bond motifs is 1. The maximum absolute atomic E-state index is 12.5. The first-order chi connectivity index (χ1) is 11.2. The van der Waals surface area contributed by atoms with E-state index >= 15 is 0 Å². The van der Waals surface area contributed by atoms with Crippen molar-refractivity contribution in [3.63, 3.8) is 0 Å². The SMILES string of the molecule is Cc1ccc(C(=O)N2CCC(c3nnc4ccccn34)CC2)s1. The van der Waals surface area contributed by atoms with Gasteiger partial charge in [-0.2, -0.15) is 0 Å². The van der Waals surface area contributed by atoms with Crippen molar-refractivity contribution in [2.24, 2.45) is 0 Å². The Labute approximate surface area is 138 Å². The van der Waals surface area contributed by atoms with E-state index in [1.165, 1.54) is 4.88 Å². The fourth-order valence-electron chi connectivity index (χ4n) is 3.18. The van der Waals surface area contributed by atoms with Crippen LogP contribution in [0.1, 0.15) is 39.1 Å². The minimum Gasteiger partial charge on any atom is -0.338 e. The zero-order chi connectivity index (χ0) is 15.8. The molecule has 1 saturated heterocycles. The molecule has 0 aliphatic carbocycles. The van der Waals surface area contributed by atoms with Crippen LogP contribution < -0.4 is 0 Å². The number of carbonyl (C=O) groups excluding carboxylic acids is 1. The summed E-state index contributed by atoms with van der Waals surface area (Å²) in [6.45, 7) is 3.59. The summed E-state index contributed by atoms with van der Waals surface area (Å²) >= 11 is 1.57. The molecule has 23 heavy (non-hydrogen) atoms. The van der Waals surface area contributed by atoms with Gasteiger partial charge in [0, 0.05) is 30.1 Å². The van der Waals surface area contributed by atoms with Gasteiger partial charge in [0.1, 0.15) is 5.82 Å². The predicted octanol–water partition coefficient (Wildman–Crippen LogP) is 3.12. The van der Waals surface area contributed by atoms with E-state index in [0.29, 0.717) is 5.92 Å². The standard InChI is InChI=1S/C17H18N4OS/c1-12-5-6-14(23-12)17(22)20-10-7-13(8-11-20)16-19-18-15-4-2-3-9-21(15)16/h2-6,9,13H,7-8,10-11H2,1H3. The number of carbonyl (C=O) groups is 1. The van der Waals surface area contributed by atoms with Crippen LogP contribution in [0.15, 0.2) is 36.5 Å². The monoisotopic (exact) mass is 326 g/mol. The number of aromatic nitrogens is 3. The number of rotatable bonds is 2. The lowest BCUT2D eigenvalue weighted by Gasteiger charge is -2.31. The van der Waals surface area contributed by atoms with E-state index in [4.69, 9.17) is 0 Å². The summed E-state index contributed by atoms with van der Waals surface area (Å²) in [5.74, 6) is 1.54. The van der Waals surface area contributed by atoms with Crippen molar-refractivity contribution in [1.82, 2.24) is 19.5 Å². The van der Waals surface area contributed by atoms with Gasteiger partial charge in [-0.15, -0.1) is 21.5 Å². The summed E-state index contributed by atoms with van der Waals surface area (Å²) in [6.07, 6.45) is 3.88. The van der Waals surface area contributed by atoms with Crippen LogP contribution in [0.3, 0.4) is 0 Å². The third-order valence-electron chi connectivity index (χ3n) is 4.44. The van der Waals surface area contributed by atoms with Gasteiger partial charge in [0.15, 0.2) is 5.65 Å². The highest BCUT2D eigenvalue weighted by molar-refractivity contribution is 7.13. The topological polar surface area (TPSA) is 50.5 Å². The van der Waals surface area contributed by atoms with Gasteiger partial charge in [-0.25, -0.2) is 0 Å². The summed E-state index contributed by atoms with van der Waals surface area (Å²) in [6, 6.07) is 9.87. The maximum Gasteiger partial charge on any atom is 0.263 e. The van der Waals surface area contributed by atoms with E-state index in [-0.39, 0.29) is 5.91 Å². The van der Waals surface area contributed by atoms with Crippen LogP contribution in [0.4, 0.5) is 0 Å². The number of nitrogens with zero attached hydrogens (tertiary/aromatic N) is 4. The largest absolute Gasteiger partial charge is 0.338 e. The molecule has 0 radical (unpaired) electrons. The molecule has 0 spiro atoms. The molecule has 0 unspecified atom stereocenters. The molecule has 4 rings (SSSR count). The normalized spacial score (nSPS) is 16.1. The number of thiophene rings is 1. The summed E-state index contributed by atoms with van der Waals surface area (Å²) in [5, 5.41) is 8.59.